The van der Waals surface area contributed by atoms with E-state index in [1.165, 1.54) is 4.90 Å². The van der Waals surface area contributed by atoms with Gasteiger partial charge in [0.15, 0.2) is 0 Å². The van der Waals surface area contributed by atoms with Gasteiger partial charge in [-0.25, -0.2) is 0 Å². The van der Waals surface area contributed by atoms with E-state index in [1.54, 1.807) is 30.3 Å². The highest BCUT2D eigenvalue weighted by Gasteiger charge is 2.41. The van der Waals surface area contributed by atoms with Gasteiger partial charge in [-0.05, 0) is 30.5 Å². The zero-order chi connectivity index (χ0) is 17.1. The van der Waals surface area contributed by atoms with Gasteiger partial charge in [-0.15, -0.1) is 6.58 Å². The van der Waals surface area contributed by atoms with Crippen molar-refractivity contribution >= 4 is 11.8 Å². The number of benzene rings is 2. The Kier molecular flexibility index (Phi) is 4.58. The van der Waals surface area contributed by atoms with Crippen molar-refractivity contribution in [3.8, 4) is 0 Å². The molecule has 0 spiro atoms. The Morgan fingerprint density at radius 3 is 2.04 bits per heavy atom. The maximum atomic E-state index is 12.7. The number of imide groups is 1. The summed E-state index contributed by atoms with van der Waals surface area (Å²) in [5.74, 6) is -0.695. The highest BCUT2D eigenvalue weighted by atomic mass is 16.3. The van der Waals surface area contributed by atoms with Gasteiger partial charge in [-0.3, -0.25) is 14.5 Å². The lowest BCUT2D eigenvalue weighted by Gasteiger charge is -2.30. The standard InChI is InChI=1S/C20H19NO3/c1-2-8-18(22)17(13-14-9-4-3-5-10-14)21-19(23)15-11-6-7-12-16(15)20(21)24/h2-7,9-12,17-18,22H,1,8,13H2/t17-,18-/m0/s1. The Balaban J connectivity index is 1.95. The van der Waals surface area contributed by atoms with Crippen LogP contribution in [0.4, 0.5) is 0 Å². The minimum absolute atomic E-state index is 0.310. The van der Waals surface area contributed by atoms with Crippen LogP contribution in [0.5, 0.6) is 0 Å². The summed E-state index contributed by atoms with van der Waals surface area (Å²) in [6.45, 7) is 3.65. The Morgan fingerprint density at radius 1 is 0.958 bits per heavy atom. The molecule has 1 N–H and O–H groups in total. The summed E-state index contributed by atoms with van der Waals surface area (Å²) in [7, 11) is 0. The van der Waals surface area contributed by atoms with Crippen LogP contribution in [0.1, 0.15) is 32.7 Å². The van der Waals surface area contributed by atoms with E-state index in [4.69, 9.17) is 0 Å². The van der Waals surface area contributed by atoms with Crippen LogP contribution in [0.25, 0.3) is 0 Å². The largest absolute Gasteiger partial charge is 0.391 e. The molecule has 24 heavy (non-hydrogen) atoms. The minimum atomic E-state index is -0.857. The van der Waals surface area contributed by atoms with Gasteiger partial charge in [0.25, 0.3) is 11.8 Å². The molecule has 4 heteroatoms. The Hall–Kier alpha value is -2.72. The number of rotatable bonds is 6. The summed E-state index contributed by atoms with van der Waals surface area (Å²) in [5, 5.41) is 10.5. The highest BCUT2D eigenvalue weighted by molar-refractivity contribution is 6.21. The molecule has 2 atom stereocenters. The molecule has 1 aliphatic heterocycles. The SMILES string of the molecule is C=CC[C@H](O)[C@H](Cc1ccccc1)N1C(=O)c2ccccc2C1=O. The molecular weight excluding hydrogens is 302 g/mol. The number of carbonyl (C=O) groups is 2. The topological polar surface area (TPSA) is 57.6 Å². The predicted octanol–water partition coefficient (Wildman–Crippen LogP) is 2.83. The van der Waals surface area contributed by atoms with Crippen molar-refractivity contribution in [2.45, 2.75) is 25.0 Å². The van der Waals surface area contributed by atoms with E-state index in [0.29, 0.717) is 24.0 Å². The van der Waals surface area contributed by atoms with E-state index >= 15 is 0 Å². The number of fused-ring (bicyclic) bond motifs is 1. The average molecular weight is 321 g/mol. The molecule has 1 aliphatic rings. The summed E-state index contributed by atoms with van der Waals surface area (Å²) in [6, 6.07) is 15.7. The van der Waals surface area contributed by atoms with E-state index < -0.39 is 12.1 Å². The summed E-state index contributed by atoms with van der Waals surface area (Å²) >= 11 is 0. The van der Waals surface area contributed by atoms with Crippen molar-refractivity contribution in [2.75, 3.05) is 0 Å². The van der Waals surface area contributed by atoms with E-state index in [0.717, 1.165) is 5.56 Å². The van der Waals surface area contributed by atoms with E-state index in [-0.39, 0.29) is 11.8 Å². The van der Waals surface area contributed by atoms with Crippen molar-refractivity contribution in [1.82, 2.24) is 4.90 Å². The molecule has 3 rings (SSSR count). The minimum Gasteiger partial charge on any atom is -0.391 e. The number of carbonyl (C=O) groups excluding carboxylic acids is 2. The number of hydrogen-bond donors (Lipinski definition) is 1. The Labute approximate surface area is 141 Å². The molecule has 1 heterocycles. The molecule has 2 aromatic rings. The molecule has 4 nitrogen and oxygen atoms in total. The third-order valence-corrected chi connectivity index (χ3v) is 4.30. The number of nitrogens with zero attached hydrogens (tertiary/aromatic N) is 1. The van der Waals surface area contributed by atoms with Gasteiger partial charge in [0.05, 0.1) is 23.3 Å². The number of amides is 2. The van der Waals surface area contributed by atoms with Crippen molar-refractivity contribution in [3.05, 3.63) is 83.9 Å². The fourth-order valence-corrected chi connectivity index (χ4v) is 3.09. The van der Waals surface area contributed by atoms with Crippen molar-refractivity contribution in [1.29, 1.82) is 0 Å². The van der Waals surface area contributed by atoms with Crippen LogP contribution in [0.2, 0.25) is 0 Å². The molecule has 0 aliphatic carbocycles. The molecule has 0 bridgehead atoms. The van der Waals surface area contributed by atoms with E-state index in [2.05, 4.69) is 6.58 Å². The summed E-state index contributed by atoms with van der Waals surface area (Å²) < 4.78 is 0. The van der Waals surface area contributed by atoms with Gasteiger partial charge in [-0.2, -0.15) is 0 Å². The van der Waals surface area contributed by atoms with Crippen molar-refractivity contribution in [3.63, 3.8) is 0 Å². The molecule has 0 saturated carbocycles. The molecule has 0 saturated heterocycles. The smallest absolute Gasteiger partial charge is 0.261 e. The normalized spacial score (nSPS) is 16.0. The third kappa shape index (κ3) is 2.88. The Bertz CT molecular complexity index is 734. The molecule has 2 amide bonds. The molecular formula is C20H19NO3. The highest BCUT2D eigenvalue weighted by Crippen LogP contribution is 2.27. The lowest BCUT2D eigenvalue weighted by molar-refractivity contribution is 0.0346. The summed E-state index contributed by atoms with van der Waals surface area (Å²) in [6.07, 6.45) is 1.46. The Morgan fingerprint density at radius 2 is 1.50 bits per heavy atom. The summed E-state index contributed by atoms with van der Waals surface area (Å²) in [4.78, 5) is 26.6. The molecule has 0 unspecified atom stereocenters. The van der Waals surface area contributed by atoms with E-state index in [1.807, 2.05) is 30.3 Å². The fourth-order valence-electron chi connectivity index (χ4n) is 3.09. The predicted molar refractivity (Wildman–Crippen MR) is 91.7 cm³/mol. The van der Waals surface area contributed by atoms with Crippen molar-refractivity contribution in [2.24, 2.45) is 0 Å². The maximum Gasteiger partial charge on any atom is 0.261 e. The molecule has 0 fully saturated rings. The van der Waals surface area contributed by atoms with Crippen LogP contribution in [0, 0.1) is 0 Å². The van der Waals surface area contributed by atoms with Gasteiger partial charge < -0.3 is 5.11 Å². The first kappa shape index (κ1) is 16.1. The van der Waals surface area contributed by atoms with Crippen LogP contribution in [0.3, 0.4) is 0 Å². The zero-order valence-corrected chi connectivity index (χ0v) is 13.3. The van der Waals surface area contributed by atoms with Gasteiger partial charge in [0, 0.05) is 0 Å². The van der Waals surface area contributed by atoms with Crippen LogP contribution >= 0.6 is 0 Å². The lowest BCUT2D eigenvalue weighted by Crippen LogP contribution is -2.48. The first-order valence-corrected chi connectivity index (χ1v) is 7.93. The molecule has 2 aromatic carbocycles. The van der Waals surface area contributed by atoms with Gasteiger partial charge in [-0.1, -0.05) is 48.5 Å². The second-order valence-electron chi connectivity index (χ2n) is 5.87. The third-order valence-electron chi connectivity index (χ3n) is 4.30. The quantitative estimate of drug-likeness (QED) is 0.657. The van der Waals surface area contributed by atoms with Crippen molar-refractivity contribution < 1.29 is 14.7 Å². The van der Waals surface area contributed by atoms with Crippen LogP contribution in [0.15, 0.2) is 67.3 Å². The monoisotopic (exact) mass is 321 g/mol. The summed E-state index contributed by atoms with van der Waals surface area (Å²) in [5.41, 5.74) is 1.75. The van der Waals surface area contributed by atoms with Gasteiger partial charge >= 0.3 is 0 Å². The average Bonchev–Trinajstić information content (AvgIpc) is 2.86. The second kappa shape index (κ2) is 6.81. The van der Waals surface area contributed by atoms with Crippen LogP contribution < -0.4 is 0 Å². The number of aliphatic hydroxyl groups is 1. The number of aliphatic hydroxyl groups excluding tert-OH is 1. The number of hydrogen-bond acceptors (Lipinski definition) is 3. The van der Waals surface area contributed by atoms with E-state index in [9.17, 15) is 14.7 Å². The van der Waals surface area contributed by atoms with Gasteiger partial charge in [0.2, 0.25) is 0 Å². The fraction of sp³-hybridized carbons (Fsp3) is 0.200. The molecule has 0 radical (unpaired) electrons. The zero-order valence-electron chi connectivity index (χ0n) is 13.3. The van der Waals surface area contributed by atoms with Crippen LogP contribution in [-0.4, -0.2) is 34.0 Å². The first-order valence-electron chi connectivity index (χ1n) is 7.93. The van der Waals surface area contributed by atoms with Gasteiger partial charge in [0.1, 0.15) is 0 Å². The molecule has 0 aromatic heterocycles. The lowest BCUT2D eigenvalue weighted by atomic mass is 9.97. The maximum absolute atomic E-state index is 12.7. The van der Waals surface area contributed by atoms with Crippen LogP contribution in [-0.2, 0) is 6.42 Å². The second-order valence-corrected chi connectivity index (χ2v) is 5.87. The first-order chi connectivity index (χ1) is 11.6. The molecule has 122 valence electrons.